The van der Waals surface area contributed by atoms with Gasteiger partial charge in [0.2, 0.25) is 5.91 Å². The van der Waals surface area contributed by atoms with Gasteiger partial charge in [-0.15, -0.1) is 0 Å². The lowest BCUT2D eigenvalue weighted by Crippen LogP contribution is -2.31. The van der Waals surface area contributed by atoms with E-state index in [-0.39, 0.29) is 11.8 Å². The lowest BCUT2D eigenvalue weighted by atomic mass is 10.1. The number of benzene rings is 1. The molecule has 1 atom stereocenters. The molecule has 0 bridgehead atoms. The summed E-state index contributed by atoms with van der Waals surface area (Å²) < 4.78 is 0. The Kier molecular flexibility index (Phi) is 5.26. The number of carbonyl (C=O) groups excluding carboxylic acids is 1. The van der Waals surface area contributed by atoms with Crippen molar-refractivity contribution in [3.05, 3.63) is 35.9 Å². The van der Waals surface area contributed by atoms with Crippen LogP contribution in [0.4, 0.5) is 0 Å². The molecule has 0 fully saturated rings. The van der Waals surface area contributed by atoms with E-state index in [1.807, 2.05) is 25.1 Å². The average Bonchev–Trinajstić information content (AvgIpc) is 2.29. The minimum absolute atomic E-state index is 0.0101. The average molecular weight is 223 g/mol. The second kappa shape index (κ2) is 6.51. The van der Waals surface area contributed by atoms with E-state index >= 15 is 0 Å². The maximum atomic E-state index is 11.4. The fraction of sp³-hybridized carbons (Fsp3) is 0.417. The van der Waals surface area contributed by atoms with E-state index in [1.54, 1.807) is 0 Å². The highest BCUT2D eigenvalue weighted by Gasteiger charge is 2.09. The van der Waals surface area contributed by atoms with Crippen molar-refractivity contribution < 1.29 is 4.79 Å². The summed E-state index contributed by atoms with van der Waals surface area (Å²) in [5, 5.41) is 2.89. The highest BCUT2D eigenvalue weighted by molar-refractivity contribution is 7.80. The van der Waals surface area contributed by atoms with Crippen LogP contribution in [0.15, 0.2) is 30.3 Å². The Morgan fingerprint density at radius 3 is 2.67 bits per heavy atom. The Hall–Kier alpha value is -0.960. The predicted octanol–water partition coefficient (Wildman–Crippen LogP) is 1.91. The molecule has 0 aromatic heterocycles. The van der Waals surface area contributed by atoms with Crippen LogP contribution in [-0.4, -0.2) is 18.2 Å². The van der Waals surface area contributed by atoms with Crippen molar-refractivity contribution in [2.24, 2.45) is 5.92 Å². The number of carbonyl (C=O) groups is 1. The van der Waals surface area contributed by atoms with Crippen LogP contribution in [-0.2, 0) is 11.2 Å². The zero-order chi connectivity index (χ0) is 11.1. The van der Waals surface area contributed by atoms with Crippen molar-refractivity contribution >= 4 is 18.5 Å². The van der Waals surface area contributed by atoms with Crippen molar-refractivity contribution in [3.8, 4) is 0 Å². The van der Waals surface area contributed by atoms with E-state index in [9.17, 15) is 4.79 Å². The number of rotatable bonds is 5. The Morgan fingerprint density at radius 2 is 2.07 bits per heavy atom. The summed E-state index contributed by atoms with van der Waals surface area (Å²) in [6.45, 7) is 2.58. The van der Waals surface area contributed by atoms with Crippen LogP contribution in [0.3, 0.4) is 0 Å². The van der Waals surface area contributed by atoms with E-state index in [0.717, 1.165) is 6.42 Å². The Bertz CT molecular complexity index is 300. The highest BCUT2D eigenvalue weighted by atomic mass is 32.1. The van der Waals surface area contributed by atoms with E-state index in [2.05, 4.69) is 30.1 Å². The van der Waals surface area contributed by atoms with Crippen LogP contribution < -0.4 is 5.32 Å². The molecule has 82 valence electrons. The van der Waals surface area contributed by atoms with Gasteiger partial charge >= 0.3 is 0 Å². The fourth-order valence-corrected chi connectivity index (χ4v) is 1.40. The summed E-state index contributed by atoms with van der Waals surface area (Å²) in [6, 6.07) is 10.1. The molecule has 1 aromatic rings. The zero-order valence-corrected chi connectivity index (χ0v) is 9.84. The molecule has 1 rings (SSSR count). The Morgan fingerprint density at radius 1 is 1.40 bits per heavy atom. The van der Waals surface area contributed by atoms with Crippen molar-refractivity contribution in [1.82, 2.24) is 5.32 Å². The van der Waals surface area contributed by atoms with Crippen LogP contribution in [0.5, 0.6) is 0 Å². The van der Waals surface area contributed by atoms with E-state index < -0.39 is 0 Å². The molecule has 0 aliphatic heterocycles. The van der Waals surface area contributed by atoms with Gasteiger partial charge in [0.25, 0.3) is 0 Å². The first-order chi connectivity index (χ1) is 7.24. The summed E-state index contributed by atoms with van der Waals surface area (Å²) in [5.74, 6) is 0.669. The van der Waals surface area contributed by atoms with Gasteiger partial charge in [0.1, 0.15) is 0 Å². The van der Waals surface area contributed by atoms with Gasteiger partial charge in [-0.1, -0.05) is 37.3 Å². The van der Waals surface area contributed by atoms with Crippen LogP contribution in [0.1, 0.15) is 12.5 Å². The van der Waals surface area contributed by atoms with Crippen molar-refractivity contribution in [2.75, 3.05) is 12.3 Å². The normalized spacial score (nSPS) is 12.1. The second-order valence-electron chi connectivity index (χ2n) is 3.61. The van der Waals surface area contributed by atoms with Gasteiger partial charge in [0, 0.05) is 18.2 Å². The van der Waals surface area contributed by atoms with E-state index in [4.69, 9.17) is 0 Å². The second-order valence-corrected chi connectivity index (χ2v) is 3.98. The number of hydrogen-bond donors (Lipinski definition) is 2. The maximum Gasteiger partial charge on any atom is 0.223 e. The molecular formula is C12H17NOS. The van der Waals surface area contributed by atoms with Crippen LogP contribution in [0.25, 0.3) is 0 Å². The molecule has 0 saturated heterocycles. The van der Waals surface area contributed by atoms with Gasteiger partial charge < -0.3 is 5.32 Å². The monoisotopic (exact) mass is 223 g/mol. The van der Waals surface area contributed by atoms with Crippen molar-refractivity contribution in [1.29, 1.82) is 0 Å². The quantitative estimate of drug-likeness (QED) is 0.734. The molecule has 1 unspecified atom stereocenters. The SMILES string of the molecule is CC(CS)C(=O)NCCc1ccccc1. The molecule has 3 heteroatoms. The molecular weight excluding hydrogens is 206 g/mol. The summed E-state index contributed by atoms with van der Waals surface area (Å²) >= 11 is 4.09. The molecule has 0 radical (unpaired) electrons. The summed E-state index contributed by atoms with van der Waals surface area (Å²) in [7, 11) is 0. The molecule has 0 saturated carbocycles. The topological polar surface area (TPSA) is 29.1 Å². The Balaban J connectivity index is 2.25. The highest BCUT2D eigenvalue weighted by Crippen LogP contribution is 2.00. The van der Waals surface area contributed by atoms with Gasteiger partial charge in [-0.3, -0.25) is 4.79 Å². The molecule has 0 heterocycles. The lowest BCUT2D eigenvalue weighted by molar-refractivity contribution is -0.123. The molecule has 1 amide bonds. The summed E-state index contributed by atoms with van der Waals surface area (Å²) in [6.07, 6.45) is 0.881. The van der Waals surface area contributed by atoms with E-state index in [1.165, 1.54) is 5.56 Å². The van der Waals surface area contributed by atoms with Gasteiger partial charge in [0.15, 0.2) is 0 Å². The largest absolute Gasteiger partial charge is 0.356 e. The van der Waals surface area contributed by atoms with E-state index in [0.29, 0.717) is 12.3 Å². The number of nitrogens with one attached hydrogen (secondary N) is 1. The van der Waals surface area contributed by atoms with Gasteiger partial charge in [0.05, 0.1) is 0 Å². The third-order valence-electron chi connectivity index (χ3n) is 2.28. The fourth-order valence-electron chi connectivity index (χ4n) is 1.23. The van der Waals surface area contributed by atoms with Crippen LogP contribution in [0.2, 0.25) is 0 Å². The zero-order valence-electron chi connectivity index (χ0n) is 8.94. The molecule has 0 aliphatic rings. The first kappa shape index (κ1) is 12.1. The maximum absolute atomic E-state index is 11.4. The third-order valence-corrected chi connectivity index (χ3v) is 2.82. The van der Waals surface area contributed by atoms with Gasteiger partial charge in [-0.2, -0.15) is 12.6 Å². The van der Waals surface area contributed by atoms with Gasteiger partial charge in [-0.05, 0) is 12.0 Å². The molecule has 1 N–H and O–H groups in total. The smallest absolute Gasteiger partial charge is 0.223 e. The minimum Gasteiger partial charge on any atom is -0.356 e. The molecule has 15 heavy (non-hydrogen) atoms. The lowest BCUT2D eigenvalue weighted by Gasteiger charge is -2.09. The molecule has 0 aliphatic carbocycles. The van der Waals surface area contributed by atoms with Gasteiger partial charge in [-0.25, -0.2) is 0 Å². The first-order valence-electron chi connectivity index (χ1n) is 5.16. The number of amides is 1. The molecule has 0 spiro atoms. The van der Waals surface area contributed by atoms with Crippen molar-refractivity contribution in [2.45, 2.75) is 13.3 Å². The summed E-state index contributed by atoms with van der Waals surface area (Å²) in [5.41, 5.74) is 1.25. The standard InChI is InChI=1S/C12H17NOS/c1-10(9-15)12(14)13-8-7-11-5-3-2-4-6-11/h2-6,10,15H,7-9H2,1H3,(H,13,14). The minimum atomic E-state index is -0.0101. The number of hydrogen-bond acceptors (Lipinski definition) is 2. The Labute approximate surface area is 96.5 Å². The van der Waals surface area contributed by atoms with Crippen molar-refractivity contribution in [3.63, 3.8) is 0 Å². The first-order valence-corrected chi connectivity index (χ1v) is 5.79. The molecule has 1 aromatic carbocycles. The van der Waals surface area contributed by atoms with Crippen LogP contribution >= 0.6 is 12.6 Å². The predicted molar refractivity (Wildman–Crippen MR) is 66.2 cm³/mol. The van der Waals surface area contributed by atoms with Crippen LogP contribution in [0, 0.1) is 5.92 Å². The molecule has 2 nitrogen and oxygen atoms in total. The number of thiol groups is 1. The third kappa shape index (κ3) is 4.38. The summed E-state index contributed by atoms with van der Waals surface area (Å²) in [4.78, 5) is 11.4.